The van der Waals surface area contributed by atoms with E-state index in [1.165, 1.54) is 0 Å². The van der Waals surface area contributed by atoms with Crippen LogP contribution in [-0.4, -0.2) is 49.9 Å². The van der Waals surface area contributed by atoms with Gasteiger partial charge >= 0.3 is 0 Å². The lowest BCUT2D eigenvalue weighted by Gasteiger charge is -2.35. The molecule has 0 radical (unpaired) electrons. The van der Waals surface area contributed by atoms with Crippen molar-refractivity contribution in [2.75, 3.05) is 32.6 Å². The molecule has 0 aliphatic carbocycles. The summed E-state index contributed by atoms with van der Waals surface area (Å²) in [4.78, 5) is 13.6. The highest BCUT2D eigenvalue weighted by Crippen LogP contribution is 2.22. The summed E-state index contributed by atoms with van der Waals surface area (Å²) in [6.45, 7) is 6.99. The van der Waals surface area contributed by atoms with E-state index in [9.17, 15) is 4.79 Å². The summed E-state index contributed by atoms with van der Waals surface area (Å²) in [7, 11) is 3.50. The number of aryl methyl sites for hydroxylation is 1. The molecule has 1 aromatic carbocycles. The van der Waals surface area contributed by atoms with Gasteiger partial charge in [-0.05, 0) is 38.5 Å². The minimum atomic E-state index is -0.518. The molecule has 0 bridgehead atoms. The minimum Gasteiger partial charge on any atom is -0.377 e. The number of carbonyl (C=O) groups is 1. The van der Waals surface area contributed by atoms with Gasteiger partial charge in [0, 0.05) is 25.3 Å². The predicted molar refractivity (Wildman–Crippen MR) is 82.6 cm³/mol. The Balaban J connectivity index is 2.09. The predicted octanol–water partition coefficient (Wildman–Crippen LogP) is 2.26. The van der Waals surface area contributed by atoms with Crippen LogP contribution in [-0.2, 0) is 9.47 Å². The zero-order valence-electron chi connectivity index (χ0n) is 13.4. The van der Waals surface area contributed by atoms with Gasteiger partial charge in [0.15, 0.2) is 5.79 Å². The van der Waals surface area contributed by atoms with Crippen LogP contribution in [0.1, 0.15) is 29.8 Å². The monoisotopic (exact) mass is 292 g/mol. The van der Waals surface area contributed by atoms with E-state index in [0.717, 1.165) is 11.3 Å². The molecule has 0 atom stereocenters. The van der Waals surface area contributed by atoms with E-state index < -0.39 is 5.79 Å². The normalized spacial score (nSPS) is 18.3. The topological polar surface area (TPSA) is 50.8 Å². The first-order chi connectivity index (χ1) is 9.78. The number of benzene rings is 1. The van der Waals surface area contributed by atoms with Crippen LogP contribution in [0.3, 0.4) is 0 Å². The quantitative estimate of drug-likeness (QED) is 0.928. The van der Waals surface area contributed by atoms with Crippen LogP contribution in [0.5, 0.6) is 0 Å². The lowest BCUT2D eigenvalue weighted by molar-refractivity contribution is -0.247. The van der Waals surface area contributed by atoms with Crippen LogP contribution >= 0.6 is 0 Å². The first kappa shape index (κ1) is 15.8. The van der Waals surface area contributed by atoms with Gasteiger partial charge in [0.1, 0.15) is 0 Å². The van der Waals surface area contributed by atoms with Gasteiger partial charge in [-0.2, -0.15) is 0 Å². The second-order valence-electron chi connectivity index (χ2n) is 6.09. The van der Waals surface area contributed by atoms with Crippen molar-refractivity contribution >= 4 is 11.6 Å². The van der Waals surface area contributed by atoms with Gasteiger partial charge < -0.3 is 19.7 Å². The number of amides is 1. The van der Waals surface area contributed by atoms with Gasteiger partial charge in [0.25, 0.3) is 5.91 Å². The highest BCUT2D eigenvalue weighted by Gasteiger charge is 2.28. The number of anilines is 1. The van der Waals surface area contributed by atoms with Crippen LogP contribution in [0, 0.1) is 6.92 Å². The van der Waals surface area contributed by atoms with E-state index in [-0.39, 0.29) is 11.9 Å². The Morgan fingerprint density at radius 1 is 1.29 bits per heavy atom. The Morgan fingerprint density at radius 2 is 1.90 bits per heavy atom. The largest absolute Gasteiger partial charge is 0.377 e. The third-order valence-electron chi connectivity index (χ3n) is 3.51. The summed E-state index contributed by atoms with van der Waals surface area (Å²) in [5.41, 5.74) is 2.71. The first-order valence-corrected chi connectivity index (χ1v) is 7.15. The van der Waals surface area contributed by atoms with Gasteiger partial charge in [-0.1, -0.05) is 6.07 Å². The molecule has 1 aliphatic heterocycles. The van der Waals surface area contributed by atoms with Gasteiger partial charge in [-0.3, -0.25) is 4.79 Å². The van der Waals surface area contributed by atoms with Crippen molar-refractivity contribution in [3.8, 4) is 0 Å². The minimum absolute atomic E-state index is 0.00433. The Morgan fingerprint density at radius 3 is 2.48 bits per heavy atom. The van der Waals surface area contributed by atoms with E-state index >= 15 is 0 Å². The van der Waals surface area contributed by atoms with Crippen LogP contribution in [0.4, 0.5) is 5.69 Å². The van der Waals surface area contributed by atoms with E-state index in [2.05, 4.69) is 5.32 Å². The third-order valence-corrected chi connectivity index (χ3v) is 3.51. The van der Waals surface area contributed by atoms with Crippen molar-refractivity contribution in [1.82, 2.24) is 4.90 Å². The molecule has 0 spiro atoms. The third kappa shape index (κ3) is 3.95. The van der Waals surface area contributed by atoms with Crippen LogP contribution < -0.4 is 5.32 Å². The van der Waals surface area contributed by atoms with E-state index in [1.807, 2.05) is 39.0 Å². The van der Waals surface area contributed by atoms with Gasteiger partial charge in [-0.25, -0.2) is 0 Å². The summed E-state index contributed by atoms with van der Waals surface area (Å²) in [5, 5.41) is 3.40. The lowest BCUT2D eigenvalue weighted by Crippen LogP contribution is -2.45. The smallest absolute Gasteiger partial charge is 0.253 e. The van der Waals surface area contributed by atoms with Crippen molar-refractivity contribution in [2.45, 2.75) is 32.6 Å². The summed E-state index contributed by atoms with van der Waals surface area (Å²) in [5.74, 6) is -0.522. The summed E-state index contributed by atoms with van der Waals surface area (Å²) in [6.07, 6.45) is 0. The number of hydrogen-bond donors (Lipinski definition) is 1. The molecule has 1 heterocycles. The molecule has 21 heavy (non-hydrogen) atoms. The van der Waals surface area contributed by atoms with E-state index in [1.54, 1.807) is 19.0 Å². The Bertz CT molecular complexity index is 516. The number of rotatable bonds is 3. The number of nitrogens with one attached hydrogen (secondary N) is 1. The Hall–Kier alpha value is -1.59. The number of carbonyl (C=O) groups excluding carboxylic acids is 1. The SMILES string of the molecule is Cc1ccc(C(=O)N(C)C)cc1NC1COC(C)(C)OC1. The molecule has 116 valence electrons. The van der Waals surface area contributed by atoms with Crippen LogP contribution in [0.2, 0.25) is 0 Å². The fourth-order valence-corrected chi connectivity index (χ4v) is 2.16. The average molecular weight is 292 g/mol. The van der Waals surface area contributed by atoms with Gasteiger partial charge in [0.2, 0.25) is 0 Å². The molecule has 1 saturated heterocycles. The zero-order chi connectivity index (χ0) is 15.6. The van der Waals surface area contributed by atoms with Crippen molar-refractivity contribution in [1.29, 1.82) is 0 Å². The summed E-state index contributed by atoms with van der Waals surface area (Å²) in [6, 6.07) is 5.77. The maximum Gasteiger partial charge on any atom is 0.253 e. The van der Waals surface area contributed by atoms with Crippen LogP contribution in [0.15, 0.2) is 18.2 Å². The fourth-order valence-electron chi connectivity index (χ4n) is 2.16. The highest BCUT2D eigenvalue weighted by atomic mass is 16.7. The lowest BCUT2D eigenvalue weighted by atomic mass is 10.1. The molecule has 2 rings (SSSR count). The molecular weight excluding hydrogens is 268 g/mol. The van der Waals surface area contributed by atoms with Crippen molar-refractivity contribution in [3.05, 3.63) is 29.3 Å². The highest BCUT2D eigenvalue weighted by molar-refractivity contribution is 5.95. The molecule has 0 aromatic heterocycles. The summed E-state index contributed by atoms with van der Waals surface area (Å²) < 4.78 is 11.3. The van der Waals surface area contributed by atoms with Crippen molar-refractivity contribution in [2.24, 2.45) is 0 Å². The maximum absolute atomic E-state index is 12.0. The standard InChI is InChI=1S/C16H24N2O3/c1-11-6-7-12(15(19)18(4)5)8-14(11)17-13-9-20-16(2,3)21-10-13/h6-8,13,17H,9-10H2,1-5H3. The molecule has 5 nitrogen and oxygen atoms in total. The number of hydrogen-bond acceptors (Lipinski definition) is 4. The van der Waals surface area contributed by atoms with Crippen molar-refractivity contribution in [3.63, 3.8) is 0 Å². The zero-order valence-corrected chi connectivity index (χ0v) is 13.4. The second-order valence-corrected chi connectivity index (χ2v) is 6.09. The molecule has 0 saturated carbocycles. The first-order valence-electron chi connectivity index (χ1n) is 7.15. The summed E-state index contributed by atoms with van der Waals surface area (Å²) >= 11 is 0. The number of nitrogens with zero attached hydrogens (tertiary/aromatic N) is 1. The van der Waals surface area contributed by atoms with Gasteiger partial charge in [0.05, 0.1) is 19.3 Å². The molecule has 0 unspecified atom stereocenters. The van der Waals surface area contributed by atoms with E-state index in [4.69, 9.17) is 9.47 Å². The average Bonchev–Trinajstić information content (AvgIpc) is 2.42. The van der Waals surface area contributed by atoms with Gasteiger partial charge in [-0.15, -0.1) is 0 Å². The Labute approximate surface area is 126 Å². The molecule has 1 N–H and O–H groups in total. The molecular formula is C16H24N2O3. The molecule has 5 heteroatoms. The molecule has 1 fully saturated rings. The second kappa shape index (κ2) is 6.03. The molecule has 1 aliphatic rings. The maximum atomic E-state index is 12.0. The fraction of sp³-hybridized carbons (Fsp3) is 0.562. The molecule has 1 amide bonds. The molecule has 1 aromatic rings. The number of ether oxygens (including phenoxy) is 2. The van der Waals surface area contributed by atoms with Crippen LogP contribution in [0.25, 0.3) is 0 Å². The Kier molecular flexibility index (Phi) is 4.54. The van der Waals surface area contributed by atoms with Crippen molar-refractivity contribution < 1.29 is 14.3 Å². The van der Waals surface area contributed by atoms with E-state index in [0.29, 0.717) is 18.8 Å².